The Morgan fingerprint density at radius 2 is 1.94 bits per heavy atom. The van der Waals surface area contributed by atoms with Crippen LogP contribution in [0.15, 0.2) is 12.1 Å². The summed E-state index contributed by atoms with van der Waals surface area (Å²) in [4.78, 5) is 35.7. The number of methoxy groups -OCH3 is 1. The number of nitrogens with zero attached hydrogens (tertiary/aromatic N) is 2. The Kier molecular flexibility index (Phi) is 3.29. The van der Waals surface area contributed by atoms with Gasteiger partial charge in [0, 0.05) is 19.1 Å². The summed E-state index contributed by atoms with van der Waals surface area (Å²) in [6.07, 6.45) is 0. The molecule has 1 aromatic rings. The van der Waals surface area contributed by atoms with E-state index in [0.29, 0.717) is 0 Å². The van der Waals surface area contributed by atoms with E-state index in [2.05, 4.69) is 9.72 Å². The van der Waals surface area contributed by atoms with Gasteiger partial charge in [-0.2, -0.15) is 0 Å². The van der Waals surface area contributed by atoms with E-state index in [0.717, 1.165) is 19.2 Å². The van der Waals surface area contributed by atoms with Gasteiger partial charge < -0.3 is 4.74 Å². The number of Topliss-reactive ketones (excluding diaryl/α,β-unsaturated/α-hetero) is 1. The van der Waals surface area contributed by atoms with E-state index in [-0.39, 0.29) is 17.1 Å². The molecule has 0 bridgehead atoms. The van der Waals surface area contributed by atoms with Crippen LogP contribution in [0.3, 0.4) is 0 Å². The van der Waals surface area contributed by atoms with E-state index >= 15 is 0 Å². The molecule has 16 heavy (non-hydrogen) atoms. The molecule has 0 spiro atoms. The second-order valence-corrected chi connectivity index (χ2v) is 2.90. The van der Waals surface area contributed by atoms with Crippen LogP contribution in [0.25, 0.3) is 0 Å². The molecule has 84 valence electrons. The SMILES string of the molecule is COC(=O)c1cc([N+](=O)[O-])cc(C(C)=O)n1. The highest BCUT2D eigenvalue weighted by molar-refractivity contribution is 5.95. The van der Waals surface area contributed by atoms with Crippen molar-refractivity contribution in [3.05, 3.63) is 33.6 Å². The summed E-state index contributed by atoms with van der Waals surface area (Å²) in [7, 11) is 1.12. The third kappa shape index (κ3) is 2.38. The average Bonchev–Trinajstić information content (AvgIpc) is 2.27. The van der Waals surface area contributed by atoms with Gasteiger partial charge >= 0.3 is 5.97 Å². The first kappa shape index (κ1) is 11.8. The van der Waals surface area contributed by atoms with Crippen LogP contribution in [0.4, 0.5) is 5.69 Å². The Balaban J connectivity index is 3.35. The van der Waals surface area contributed by atoms with Crippen LogP contribution >= 0.6 is 0 Å². The number of hydrogen-bond donors (Lipinski definition) is 0. The molecule has 0 N–H and O–H groups in total. The maximum atomic E-state index is 11.1. The topological polar surface area (TPSA) is 99.4 Å². The Bertz CT molecular complexity index is 437. The zero-order valence-electron chi connectivity index (χ0n) is 8.59. The lowest BCUT2D eigenvalue weighted by molar-refractivity contribution is -0.385. The molecule has 7 heteroatoms. The molecule has 7 nitrogen and oxygen atoms in total. The molecular formula is C9H8N2O5. The maximum Gasteiger partial charge on any atom is 0.356 e. The van der Waals surface area contributed by atoms with Crippen molar-refractivity contribution in [1.82, 2.24) is 4.98 Å². The number of carbonyl (C=O) groups is 2. The minimum Gasteiger partial charge on any atom is -0.464 e. The molecular weight excluding hydrogens is 216 g/mol. The molecule has 1 heterocycles. The Morgan fingerprint density at radius 1 is 1.38 bits per heavy atom. The third-order valence-electron chi connectivity index (χ3n) is 1.78. The monoisotopic (exact) mass is 224 g/mol. The molecule has 0 atom stereocenters. The van der Waals surface area contributed by atoms with Crippen molar-refractivity contribution < 1.29 is 19.2 Å². The zero-order chi connectivity index (χ0) is 12.3. The van der Waals surface area contributed by atoms with Crippen molar-refractivity contribution in [2.45, 2.75) is 6.92 Å². The molecule has 1 rings (SSSR count). The van der Waals surface area contributed by atoms with Crippen LogP contribution in [0, 0.1) is 10.1 Å². The molecule has 0 aliphatic rings. The predicted octanol–water partition coefficient (Wildman–Crippen LogP) is 0.979. The number of ether oxygens (including phenoxy) is 1. The predicted molar refractivity (Wildman–Crippen MR) is 52.2 cm³/mol. The quantitative estimate of drug-likeness (QED) is 0.328. The van der Waals surface area contributed by atoms with Crippen molar-refractivity contribution in [3.8, 4) is 0 Å². The molecule has 0 aliphatic heterocycles. The van der Waals surface area contributed by atoms with Gasteiger partial charge in [0.25, 0.3) is 5.69 Å². The lowest BCUT2D eigenvalue weighted by Crippen LogP contribution is -2.09. The number of pyridine rings is 1. The van der Waals surface area contributed by atoms with E-state index in [1.54, 1.807) is 0 Å². The molecule has 0 fully saturated rings. The maximum absolute atomic E-state index is 11.1. The first-order valence-corrected chi connectivity index (χ1v) is 4.21. The lowest BCUT2D eigenvalue weighted by Gasteiger charge is -2.01. The molecule has 0 unspecified atom stereocenters. The van der Waals surface area contributed by atoms with E-state index in [9.17, 15) is 19.7 Å². The van der Waals surface area contributed by atoms with Crippen LogP contribution in [0.2, 0.25) is 0 Å². The summed E-state index contributed by atoms with van der Waals surface area (Å²) in [6.45, 7) is 1.20. The molecule has 0 saturated heterocycles. The highest BCUT2D eigenvalue weighted by atomic mass is 16.6. The fraction of sp³-hybridized carbons (Fsp3) is 0.222. The van der Waals surface area contributed by atoms with Gasteiger partial charge in [-0.3, -0.25) is 14.9 Å². The zero-order valence-corrected chi connectivity index (χ0v) is 8.59. The van der Waals surface area contributed by atoms with Gasteiger partial charge in [-0.25, -0.2) is 9.78 Å². The molecule has 0 aliphatic carbocycles. The fourth-order valence-corrected chi connectivity index (χ4v) is 1.01. The smallest absolute Gasteiger partial charge is 0.356 e. The van der Waals surface area contributed by atoms with Gasteiger partial charge in [-0.1, -0.05) is 0 Å². The Hall–Kier alpha value is -2.31. The molecule has 0 saturated carbocycles. The fourth-order valence-electron chi connectivity index (χ4n) is 1.01. The minimum absolute atomic E-state index is 0.144. The number of rotatable bonds is 3. The number of carbonyl (C=O) groups excluding carboxylic acids is 2. The Morgan fingerprint density at radius 3 is 2.38 bits per heavy atom. The van der Waals surface area contributed by atoms with E-state index in [4.69, 9.17) is 0 Å². The van der Waals surface area contributed by atoms with Crippen molar-refractivity contribution in [2.75, 3.05) is 7.11 Å². The van der Waals surface area contributed by atoms with Crippen molar-refractivity contribution in [2.24, 2.45) is 0 Å². The summed E-state index contributed by atoms with van der Waals surface area (Å²) in [6, 6.07) is 1.97. The van der Waals surface area contributed by atoms with Gasteiger partial charge in [0.05, 0.1) is 12.0 Å². The van der Waals surface area contributed by atoms with Gasteiger partial charge in [-0.05, 0) is 0 Å². The van der Waals surface area contributed by atoms with Gasteiger partial charge in [0.15, 0.2) is 11.5 Å². The van der Waals surface area contributed by atoms with Crippen LogP contribution in [-0.4, -0.2) is 28.8 Å². The van der Waals surface area contributed by atoms with E-state index in [1.165, 1.54) is 6.92 Å². The van der Waals surface area contributed by atoms with Crippen molar-refractivity contribution in [3.63, 3.8) is 0 Å². The van der Waals surface area contributed by atoms with Crippen LogP contribution < -0.4 is 0 Å². The normalized spacial score (nSPS) is 9.62. The van der Waals surface area contributed by atoms with Crippen LogP contribution in [0.5, 0.6) is 0 Å². The number of nitro groups is 1. The first-order chi connectivity index (χ1) is 7.45. The Labute approximate surface area is 90.2 Å². The number of aromatic nitrogens is 1. The highest BCUT2D eigenvalue weighted by Gasteiger charge is 2.18. The third-order valence-corrected chi connectivity index (χ3v) is 1.78. The highest BCUT2D eigenvalue weighted by Crippen LogP contribution is 2.15. The summed E-state index contributed by atoms with van der Waals surface area (Å²) >= 11 is 0. The minimum atomic E-state index is -0.828. The van der Waals surface area contributed by atoms with Crippen LogP contribution in [0.1, 0.15) is 27.9 Å². The van der Waals surface area contributed by atoms with Crippen LogP contribution in [-0.2, 0) is 4.74 Å². The standard InChI is InChI=1S/C9H8N2O5/c1-5(12)7-3-6(11(14)15)4-8(10-7)9(13)16-2/h3-4H,1-2H3. The molecule has 0 aromatic carbocycles. The average molecular weight is 224 g/mol. The van der Waals surface area contributed by atoms with E-state index in [1.807, 2.05) is 0 Å². The molecule has 0 radical (unpaired) electrons. The van der Waals surface area contributed by atoms with Gasteiger partial charge in [0.2, 0.25) is 0 Å². The summed E-state index contributed by atoms with van der Waals surface area (Å²) in [5.74, 6) is -1.29. The van der Waals surface area contributed by atoms with E-state index < -0.39 is 16.7 Å². The molecule has 0 amide bonds. The molecule has 1 aromatic heterocycles. The second-order valence-electron chi connectivity index (χ2n) is 2.90. The van der Waals surface area contributed by atoms with Gasteiger partial charge in [-0.15, -0.1) is 0 Å². The summed E-state index contributed by atoms with van der Waals surface area (Å²) in [5, 5.41) is 10.6. The van der Waals surface area contributed by atoms with Crippen molar-refractivity contribution in [1.29, 1.82) is 0 Å². The second kappa shape index (κ2) is 4.47. The summed E-state index contributed by atoms with van der Waals surface area (Å²) < 4.78 is 4.37. The first-order valence-electron chi connectivity index (χ1n) is 4.21. The number of ketones is 1. The number of esters is 1. The summed E-state index contributed by atoms with van der Waals surface area (Å²) in [5.41, 5.74) is -0.780. The largest absolute Gasteiger partial charge is 0.464 e. The van der Waals surface area contributed by atoms with Gasteiger partial charge in [0.1, 0.15) is 5.69 Å². The lowest BCUT2D eigenvalue weighted by atomic mass is 10.2. The number of hydrogen-bond acceptors (Lipinski definition) is 6. The van der Waals surface area contributed by atoms with Crippen molar-refractivity contribution >= 4 is 17.4 Å².